The molecule has 2 aliphatic heterocycles. The van der Waals surface area contributed by atoms with Gasteiger partial charge < -0.3 is 24.1 Å². The fourth-order valence-electron chi connectivity index (χ4n) is 5.91. The maximum Gasteiger partial charge on any atom is 0.312 e. The molecule has 0 bridgehead atoms. The number of aliphatic hydroxyl groups excluding tert-OH is 1. The minimum Gasteiger partial charge on any atom is -0.455 e. The summed E-state index contributed by atoms with van der Waals surface area (Å²) in [6.45, 7) is 17.9. The van der Waals surface area contributed by atoms with Gasteiger partial charge in [-0.2, -0.15) is 0 Å². The minimum absolute atomic E-state index is 0.209. The van der Waals surface area contributed by atoms with E-state index in [4.69, 9.17) is 18.9 Å². The standard InChI is InChI=1S/C22H34O6/c1-9-15(25-8)17(23)16-14-11-19(4,5)22(14,27-18(16)24)21(10-13(2)3)12-26-20(6,7)28-21/h9,14-17,23H,1-2,10-12H2,3-8H3/t14-,15-,16+,17+,21-,22+/m0/s1. The molecule has 0 radical (unpaired) electrons. The van der Waals surface area contributed by atoms with Crippen LogP contribution in [0.5, 0.6) is 0 Å². The fourth-order valence-corrected chi connectivity index (χ4v) is 5.91. The van der Waals surface area contributed by atoms with Crippen LogP contribution in [0.4, 0.5) is 0 Å². The molecule has 3 rings (SSSR count). The van der Waals surface area contributed by atoms with Gasteiger partial charge in [-0.05, 0) is 27.2 Å². The van der Waals surface area contributed by atoms with E-state index in [0.717, 1.165) is 12.0 Å². The van der Waals surface area contributed by atoms with E-state index in [-0.39, 0.29) is 11.3 Å². The molecule has 2 heterocycles. The molecule has 0 spiro atoms. The zero-order valence-electron chi connectivity index (χ0n) is 17.9. The number of fused-ring (bicyclic) bond motifs is 1. The van der Waals surface area contributed by atoms with Gasteiger partial charge in [0, 0.05) is 24.9 Å². The van der Waals surface area contributed by atoms with Crippen molar-refractivity contribution in [1.82, 2.24) is 0 Å². The van der Waals surface area contributed by atoms with Crippen LogP contribution >= 0.6 is 0 Å². The smallest absolute Gasteiger partial charge is 0.312 e. The molecule has 3 fully saturated rings. The normalized spacial score (nSPS) is 40.2. The van der Waals surface area contributed by atoms with Crippen LogP contribution in [0.15, 0.2) is 24.8 Å². The third-order valence-corrected chi connectivity index (χ3v) is 6.79. The molecular weight excluding hydrogens is 360 g/mol. The van der Waals surface area contributed by atoms with Crippen molar-refractivity contribution in [3.8, 4) is 0 Å². The molecule has 6 atom stereocenters. The van der Waals surface area contributed by atoms with Gasteiger partial charge in [-0.25, -0.2) is 0 Å². The van der Waals surface area contributed by atoms with Crippen molar-refractivity contribution >= 4 is 5.97 Å². The molecule has 1 N–H and O–H groups in total. The van der Waals surface area contributed by atoms with Crippen LogP contribution in [-0.4, -0.2) is 54.0 Å². The van der Waals surface area contributed by atoms with Crippen LogP contribution in [0.2, 0.25) is 0 Å². The number of hydrogen-bond donors (Lipinski definition) is 1. The van der Waals surface area contributed by atoms with E-state index in [0.29, 0.717) is 13.0 Å². The highest BCUT2D eigenvalue weighted by molar-refractivity contribution is 5.78. The van der Waals surface area contributed by atoms with Gasteiger partial charge in [0.1, 0.15) is 11.7 Å². The number of aliphatic hydroxyl groups is 1. The first kappa shape index (κ1) is 21.5. The number of esters is 1. The lowest BCUT2D eigenvalue weighted by molar-refractivity contribution is -0.297. The lowest BCUT2D eigenvalue weighted by atomic mass is 9.44. The predicted octanol–water partition coefficient (Wildman–Crippen LogP) is 2.99. The summed E-state index contributed by atoms with van der Waals surface area (Å²) in [5.41, 5.74) is -1.17. The second-order valence-corrected chi connectivity index (χ2v) is 9.72. The molecule has 3 aliphatic rings. The third-order valence-electron chi connectivity index (χ3n) is 6.79. The number of rotatable bonds is 7. The minimum atomic E-state index is -1.03. The highest BCUT2D eigenvalue weighted by Gasteiger charge is 2.81. The van der Waals surface area contributed by atoms with Crippen LogP contribution in [-0.2, 0) is 23.7 Å². The van der Waals surface area contributed by atoms with Crippen molar-refractivity contribution in [3.63, 3.8) is 0 Å². The van der Waals surface area contributed by atoms with Gasteiger partial charge in [0.05, 0.1) is 18.6 Å². The summed E-state index contributed by atoms with van der Waals surface area (Å²) in [7, 11) is 1.49. The Morgan fingerprint density at radius 2 is 2.04 bits per heavy atom. The summed E-state index contributed by atoms with van der Waals surface area (Å²) in [5.74, 6) is -2.12. The van der Waals surface area contributed by atoms with Crippen molar-refractivity contribution in [2.75, 3.05) is 13.7 Å². The summed E-state index contributed by atoms with van der Waals surface area (Å²) >= 11 is 0. The van der Waals surface area contributed by atoms with Gasteiger partial charge in [0.25, 0.3) is 0 Å². The molecule has 0 unspecified atom stereocenters. The number of ether oxygens (including phenoxy) is 4. The Balaban J connectivity index is 2.07. The molecular formula is C22H34O6. The Morgan fingerprint density at radius 3 is 2.46 bits per heavy atom. The van der Waals surface area contributed by atoms with E-state index >= 15 is 0 Å². The van der Waals surface area contributed by atoms with Gasteiger partial charge in [0.2, 0.25) is 0 Å². The molecule has 1 saturated carbocycles. The number of methoxy groups -OCH3 is 1. The van der Waals surface area contributed by atoms with E-state index in [1.807, 2.05) is 20.8 Å². The van der Waals surface area contributed by atoms with E-state index in [1.54, 1.807) is 0 Å². The van der Waals surface area contributed by atoms with E-state index in [2.05, 4.69) is 27.0 Å². The molecule has 2 saturated heterocycles. The van der Waals surface area contributed by atoms with Gasteiger partial charge in [-0.15, -0.1) is 13.2 Å². The van der Waals surface area contributed by atoms with Crippen LogP contribution in [0.3, 0.4) is 0 Å². The molecule has 158 valence electrons. The van der Waals surface area contributed by atoms with E-state index in [9.17, 15) is 9.90 Å². The molecule has 1 aliphatic carbocycles. The average molecular weight is 395 g/mol. The molecule has 0 aromatic heterocycles. The average Bonchev–Trinajstić information content (AvgIpc) is 3.01. The second kappa shape index (κ2) is 6.66. The number of carbonyl (C=O) groups excluding carboxylic acids is 1. The summed E-state index contributed by atoms with van der Waals surface area (Å²) in [5, 5.41) is 10.9. The van der Waals surface area contributed by atoms with Crippen molar-refractivity contribution in [2.45, 2.75) is 76.7 Å². The lowest BCUT2D eigenvalue weighted by Gasteiger charge is -2.64. The van der Waals surface area contributed by atoms with Crippen LogP contribution < -0.4 is 0 Å². The molecule has 0 amide bonds. The Kier molecular flexibility index (Phi) is 5.11. The van der Waals surface area contributed by atoms with Crippen molar-refractivity contribution in [3.05, 3.63) is 24.8 Å². The van der Waals surface area contributed by atoms with Gasteiger partial charge >= 0.3 is 5.97 Å². The maximum atomic E-state index is 13.1. The maximum absolute atomic E-state index is 13.1. The van der Waals surface area contributed by atoms with Crippen LogP contribution in [0, 0.1) is 17.3 Å². The molecule has 0 aromatic rings. The Morgan fingerprint density at radius 1 is 1.39 bits per heavy atom. The molecule has 0 aromatic carbocycles. The van der Waals surface area contributed by atoms with Gasteiger partial charge in [0.15, 0.2) is 11.4 Å². The lowest BCUT2D eigenvalue weighted by Crippen LogP contribution is -2.74. The Bertz CT molecular complexity index is 683. The highest BCUT2D eigenvalue weighted by atomic mass is 16.8. The first-order valence-electron chi connectivity index (χ1n) is 9.91. The summed E-state index contributed by atoms with van der Waals surface area (Å²) in [6.07, 6.45) is 1.09. The molecule has 6 heteroatoms. The molecule has 28 heavy (non-hydrogen) atoms. The summed E-state index contributed by atoms with van der Waals surface area (Å²) in [6, 6.07) is 0. The first-order valence-corrected chi connectivity index (χ1v) is 9.91. The molecule has 6 nitrogen and oxygen atoms in total. The predicted molar refractivity (Wildman–Crippen MR) is 104 cm³/mol. The van der Waals surface area contributed by atoms with Crippen molar-refractivity contribution in [2.24, 2.45) is 17.3 Å². The van der Waals surface area contributed by atoms with Crippen LogP contribution in [0.25, 0.3) is 0 Å². The Labute approximate surface area is 167 Å². The van der Waals surface area contributed by atoms with Gasteiger partial charge in [-0.1, -0.05) is 25.5 Å². The van der Waals surface area contributed by atoms with Crippen molar-refractivity contribution < 1.29 is 28.8 Å². The topological polar surface area (TPSA) is 74.2 Å². The van der Waals surface area contributed by atoms with Gasteiger partial charge in [-0.3, -0.25) is 4.79 Å². The van der Waals surface area contributed by atoms with E-state index < -0.39 is 41.1 Å². The highest BCUT2D eigenvalue weighted by Crippen LogP contribution is 2.70. The first-order chi connectivity index (χ1) is 12.9. The summed E-state index contributed by atoms with van der Waals surface area (Å²) in [4.78, 5) is 13.1. The third kappa shape index (κ3) is 2.80. The Hall–Kier alpha value is -1.21. The zero-order chi connectivity index (χ0) is 21.1. The fraction of sp³-hybridized carbons (Fsp3) is 0.773. The largest absolute Gasteiger partial charge is 0.455 e. The van der Waals surface area contributed by atoms with Crippen LogP contribution in [0.1, 0.15) is 47.5 Å². The second-order valence-electron chi connectivity index (χ2n) is 9.72. The zero-order valence-corrected chi connectivity index (χ0v) is 17.9. The number of hydrogen-bond acceptors (Lipinski definition) is 6. The SMILES string of the molecule is C=C[C@H](OC)[C@@H](O)[C@@H]1C(=O)O[C@]2([C@]3(CC(=C)C)COC(C)(C)O3)[C@H]1CC2(C)C. The van der Waals surface area contributed by atoms with Crippen molar-refractivity contribution in [1.29, 1.82) is 0 Å². The monoisotopic (exact) mass is 394 g/mol. The summed E-state index contributed by atoms with van der Waals surface area (Å²) < 4.78 is 24.0. The number of carbonyl (C=O) groups is 1. The van der Waals surface area contributed by atoms with E-state index in [1.165, 1.54) is 13.2 Å². The quantitative estimate of drug-likeness (QED) is 0.529.